The van der Waals surface area contributed by atoms with Crippen molar-refractivity contribution in [1.29, 1.82) is 0 Å². The fraction of sp³-hybridized carbons (Fsp3) is 0.615. The van der Waals surface area contributed by atoms with E-state index < -0.39 is 28.2 Å². The number of benzene rings is 1. The van der Waals surface area contributed by atoms with Crippen LogP contribution in [0.5, 0.6) is 5.75 Å². The molecule has 0 bridgehead atoms. The Balaban J connectivity index is 1.71. The van der Waals surface area contributed by atoms with Crippen molar-refractivity contribution in [2.24, 2.45) is 18.0 Å². The lowest BCUT2D eigenvalue weighted by molar-refractivity contribution is -0.137. The maximum atomic E-state index is 13.5. The van der Waals surface area contributed by atoms with E-state index in [-0.39, 0.29) is 46.9 Å². The second-order valence-electron chi connectivity index (χ2n) is 11.1. The van der Waals surface area contributed by atoms with Gasteiger partial charge in [0.15, 0.2) is 5.49 Å². The molecule has 212 valence electrons. The summed E-state index contributed by atoms with van der Waals surface area (Å²) in [6.07, 6.45) is -2.36. The van der Waals surface area contributed by atoms with Gasteiger partial charge in [0.05, 0.1) is 30.4 Å². The van der Waals surface area contributed by atoms with Gasteiger partial charge in [-0.25, -0.2) is 0 Å². The van der Waals surface area contributed by atoms with E-state index in [0.29, 0.717) is 25.1 Å². The zero-order chi connectivity index (χ0) is 27.9. The van der Waals surface area contributed by atoms with Gasteiger partial charge in [-0.15, -0.1) is 0 Å². The average molecular weight is 560 g/mol. The van der Waals surface area contributed by atoms with E-state index in [9.17, 15) is 27.1 Å². The summed E-state index contributed by atoms with van der Waals surface area (Å²) in [6, 6.07) is 4.54. The second kappa shape index (κ2) is 10.7. The lowest BCUT2D eigenvalue weighted by Crippen LogP contribution is -2.30. The van der Waals surface area contributed by atoms with E-state index in [1.807, 2.05) is 37.2 Å². The Morgan fingerprint density at radius 3 is 2.53 bits per heavy atom. The number of nitrogens with zero attached hydrogens (tertiary/aromatic N) is 3. The predicted octanol–water partition coefficient (Wildman–Crippen LogP) is 5.21. The third-order valence-corrected chi connectivity index (χ3v) is 8.89. The molecule has 3 heterocycles. The van der Waals surface area contributed by atoms with Crippen LogP contribution in [0.25, 0.3) is 0 Å². The number of rotatable bonds is 6. The zero-order valence-corrected chi connectivity index (χ0v) is 22.9. The van der Waals surface area contributed by atoms with Crippen molar-refractivity contribution in [3.63, 3.8) is 0 Å². The minimum absolute atomic E-state index is 0.0206. The first-order valence-electron chi connectivity index (χ1n) is 12.7. The number of halogens is 3. The Kier molecular flexibility index (Phi) is 8.09. The molecule has 2 N–H and O–H groups in total. The normalized spacial score (nSPS) is 23.1. The van der Waals surface area contributed by atoms with E-state index in [4.69, 9.17) is 9.47 Å². The molecule has 0 saturated carbocycles. The van der Waals surface area contributed by atoms with Crippen molar-refractivity contribution in [3.8, 4) is 5.75 Å². The highest BCUT2D eigenvalue weighted by Crippen LogP contribution is 2.48. The standard InChI is InChI=1S/C26H36F3N3O5S/c1-25(2,3)22-13-23(32(31(22)4)14-19-6-5-10-36-19)30-24(33)20-12-18(26(27,28)29)7-8-21(20)37-15-17-9-11-38(34,35)16-17/h7-8,12-13,17,19,34-35H,5-6,9-11,14-16H2,1-4H3/b30-23+/t17?,19-/m1/s1. The molecule has 2 aromatic rings. The largest absolute Gasteiger partial charge is 0.492 e. The summed E-state index contributed by atoms with van der Waals surface area (Å²) >= 11 is 0. The van der Waals surface area contributed by atoms with Gasteiger partial charge in [-0.05, 0) is 37.5 Å². The molecule has 0 spiro atoms. The van der Waals surface area contributed by atoms with E-state index in [0.717, 1.165) is 36.7 Å². The molecule has 1 amide bonds. The Morgan fingerprint density at radius 1 is 1.21 bits per heavy atom. The molecule has 2 fully saturated rings. The molecule has 2 saturated heterocycles. The molecule has 2 atom stereocenters. The lowest BCUT2D eigenvalue weighted by atomic mass is 9.92. The highest BCUT2D eigenvalue weighted by Gasteiger charge is 2.33. The highest BCUT2D eigenvalue weighted by molar-refractivity contribution is 8.24. The van der Waals surface area contributed by atoms with E-state index >= 15 is 0 Å². The van der Waals surface area contributed by atoms with Gasteiger partial charge in [0.1, 0.15) is 5.75 Å². The van der Waals surface area contributed by atoms with Crippen molar-refractivity contribution >= 4 is 16.5 Å². The van der Waals surface area contributed by atoms with Crippen LogP contribution >= 0.6 is 10.6 Å². The lowest BCUT2D eigenvalue weighted by Gasteiger charge is -2.26. The van der Waals surface area contributed by atoms with Crippen LogP contribution in [0, 0.1) is 5.92 Å². The second-order valence-corrected chi connectivity index (χ2v) is 13.5. The Morgan fingerprint density at radius 2 is 1.95 bits per heavy atom. The van der Waals surface area contributed by atoms with Gasteiger partial charge in [0.25, 0.3) is 5.91 Å². The first kappa shape index (κ1) is 28.7. The van der Waals surface area contributed by atoms with Crippen LogP contribution in [0.3, 0.4) is 0 Å². The van der Waals surface area contributed by atoms with Crippen LogP contribution < -0.4 is 10.2 Å². The summed E-state index contributed by atoms with van der Waals surface area (Å²) < 4.78 is 75.6. The van der Waals surface area contributed by atoms with Crippen molar-refractivity contribution in [2.45, 2.75) is 64.3 Å². The van der Waals surface area contributed by atoms with Crippen LogP contribution in [0.15, 0.2) is 29.3 Å². The summed E-state index contributed by atoms with van der Waals surface area (Å²) in [7, 11) is -0.787. The summed E-state index contributed by atoms with van der Waals surface area (Å²) in [5.41, 5.74) is -0.316. The maximum absolute atomic E-state index is 13.5. The first-order chi connectivity index (χ1) is 17.6. The Bertz CT molecular complexity index is 1240. The van der Waals surface area contributed by atoms with E-state index in [1.54, 1.807) is 6.07 Å². The molecule has 1 unspecified atom stereocenters. The molecule has 12 heteroatoms. The van der Waals surface area contributed by atoms with Gasteiger partial charge in [-0.3, -0.25) is 23.3 Å². The number of aromatic nitrogens is 2. The van der Waals surface area contributed by atoms with Gasteiger partial charge in [0, 0.05) is 48.3 Å². The molecular formula is C26H36F3N3O5S. The molecule has 8 nitrogen and oxygen atoms in total. The summed E-state index contributed by atoms with van der Waals surface area (Å²) in [5.74, 6) is -0.602. The molecular weight excluding hydrogens is 523 g/mol. The molecule has 2 aliphatic heterocycles. The Hall–Kier alpha value is -2.28. The predicted molar refractivity (Wildman–Crippen MR) is 139 cm³/mol. The number of alkyl halides is 3. The smallest absolute Gasteiger partial charge is 0.416 e. The van der Waals surface area contributed by atoms with Gasteiger partial charge in [-0.1, -0.05) is 20.8 Å². The van der Waals surface area contributed by atoms with Crippen molar-refractivity contribution in [1.82, 2.24) is 9.36 Å². The van der Waals surface area contributed by atoms with Crippen LogP contribution in [-0.4, -0.2) is 55.2 Å². The molecule has 0 radical (unpaired) electrons. The maximum Gasteiger partial charge on any atom is 0.416 e. The molecule has 2 aliphatic rings. The van der Waals surface area contributed by atoms with Crippen molar-refractivity contribution in [3.05, 3.63) is 46.6 Å². The summed E-state index contributed by atoms with van der Waals surface area (Å²) in [4.78, 5) is 17.7. The van der Waals surface area contributed by atoms with Crippen LogP contribution in [0.1, 0.15) is 61.6 Å². The number of amides is 1. The number of carbonyl (C=O) groups excluding carboxylic acids is 1. The molecule has 1 aromatic heterocycles. The fourth-order valence-corrected chi connectivity index (χ4v) is 6.86. The Labute approximate surface area is 221 Å². The highest BCUT2D eigenvalue weighted by atomic mass is 32.3. The monoisotopic (exact) mass is 559 g/mol. The third kappa shape index (κ3) is 6.64. The quantitative estimate of drug-likeness (QED) is 0.506. The SMILES string of the molecule is Cn1c(C(C)(C)C)c/c(=N\C(=O)c2cc(C(F)(F)F)ccc2OCC2CCS(O)(O)C2)n1C[C@H]1CCCO1. The molecule has 1 aromatic carbocycles. The minimum atomic E-state index is -4.65. The van der Waals surface area contributed by atoms with E-state index in [1.165, 1.54) is 0 Å². The number of hydrogen-bond acceptors (Lipinski definition) is 5. The molecule has 38 heavy (non-hydrogen) atoms. The van der Waals surface area contributed by atoms with E-state index in [2.05, 4.69) is 4.99 Å². The molecule has 0 aliphatic carbocycles. The van der Waals surface area contributed by atoms with Gasteiger partial charge < -0.3 is 9.47 Å². The number of carbonyl (C=O) groups is 1. The zero-order valence-electron chi connectivity index (χ0n) is 22.1. The van der Waals surface area contributed by atoms with Crippen LogP contribution in [0.4, 0.5) is 13.2 Å². The van der Waals surface area contributed by atoms with Gasteiger partial charge in [0.2, 0.25) is 0 Å². The number of hydrogen-bond donors (Lipinski definition) is 2. The summed E-state index contributed by atoms with van der Waals surface area (Å²) in [5, 5.41) is 0. The topological polar surface area (TPSA) is 98.2 Å². The number of ether oxygens (including phenoxy) is 2. The van der Waals surface area contributed by atoms with Crippen molar-refractivity contribution in [2.75, 3.05) is 24.7 Å². The average Bonchev–Trinajstić information content (AvgIpc) is 3.52. The van der Waals surface area contributed by atoms with Crippen molar-refractivity contribution < 1.29 is 36.5 Å². The van der Waals surface area contributed by atoms with Gasteiger partial charge >= 0.3 is 6.18 Å². The summed E-state index contributed by atoms with van der Waals surface area (Å²) in [6.45, 7) is 7.26. The van der Waals surface area contributed by atoms with Crippen LogP contribution in [-0.2, 0) is 29.9 Å². The van der Waals surface area contributed by atoms with Gasteiger partial charge in [-0.2, -0.15) is 28.8 Å². The van der Waals surface area contributed by atoms with Crippen LogP contribution in [0.2, 0.25) is 0 Å². The third-order valence-electron chi connectivity index (χ3n) is 6.99. The molecule has 4 rings (SSSR count). The minimum Gasteiger partial charge on any atom is -0.492 e. The first-order valence-corrected chi connectivity index (χ1v) is 14.6. The fourth-order valence-electron chi connectivity index (χ4n) is 4.97.